The van der Waals surface area contributed by atoms with E-state index in [0.29, 0.717) is 24.2 Å². The Labute approximate surface area is 215 Å². The third-order valence-corrected chi connectivity index (χ3v) is 7.29. The Kier molecular flexibility index (Phi) is 6.86. The Bertz CT molecular complexity index is 1350. The fourth-order valence-electron chi connectivity index (χ4n) is 5.35. The van der Waals surface area contributed by atoms with Crippen molar-refractivity contribution in [3.63, 3.8) is 0 Å². The summed E-state index contributed by atoms with van der Waals surface area (Å²) in [5.74, 6) is -2.07. The maximum Gasteiger partial charge on any atom is 0.338 e. The smallest absolute Gasteiger partial charge is 0.338 e. The molecule has 1 saturated heterocycles. The minimum Gasteiger partial charge on any atom is -0.452 e. The highest BCUT2D eigenvalue weighted by Gasteiger charge is 2.50. The van der Waals surface area contributed by atoms with Crippen LogP contribution in [0.25, 0.3) is 0 Å². The van der Waals surface area contributed by atoms with E-state index in [1.165, 1.54) is 22.6 Å². The second-order valence-electron chi connectivity index (χ2n) is 9.64. The molecule has 0 radical (unpaired) electrons. The third kappa shape index (κ3) is 5.03. The Morgan fingerprint density at radius 3 is 2.41 bits per heavy atom. The SMILES string of the molecule is Cc1ccccc1NC(=O)COC(=O)c1cccc(N2C(=O)[C@@H]3CC[C@H](c4ccccc4)C[C@H]3C2=O)c1. The second-order valence-corrected chi connectivity index (χ2v) is 9.64. The van der Waals surface area contributed by atoms with Crippen molar-refractivity contribution < 1.29 is 23.9 Å². The quantitative estimate of drug-likeness (QED) is 0.389. The summed E-state index contributed by atoms with van der Waals surface area (Å²) >= 11 is 0. The molecule has 7 heteroatoms. The number of fused-ring (bicyclic) bond motifs is 1. The first-order valence-corrected chi connectivity index (χ1v) is 12.5. The Hall–Kier alpha value is -4.26. The van der Waals surface area contributed by atoms with Crippen molar-refractivity contribution in [1.82, 2.24) is 0 Å². The number of aryl methyl sites for hydroxylation is 1. The van der Waals surface area contributed by atoms with Crippen LogP contribution in [0.1, 0.15) is 46.7 Å². The van der Waals surface area contributed by atoms with Crippen LogP contribution in [0.4, 0.5) is 11.4 Å². The van der Waals surface area contributed by atoms with E-state index in [-0.39, 0.29) is 35.1 Å². The second kappa shape index (κ2) is 10.4. The minimum absolute atomic E-state index is 0.166. The first kappa shape index (κ1) is 24.4. The van der Waals surface area contributed by atoms with Crippen LogP contribution in [-0.4, -0.2) is 30.3 Å². The van der Waals surface area contributed by atoms with Gasteiger partial charge in [-0.2, -0.15) is 0 Å². The number of amides is 3. The van der Waals surface area contributed by atoms with Gasteiger partial charge in [-0.15, -0.1) is 0 Å². The van der Waals surface area contributed by atoms with Gasteiger partial charge in [0.25, 0.3) is 5.91 Å². The van der Waals surface area contributed by atoms with Crippen LogP contribution in [0, 0.1) is 18.8 Å². The molecule has 2 fully saturated rings. The molecule has 1 aliphatic carbocycles. The number of imide groups is 1. The maximum atomic E-state index is 13.4. The molecule has 188 valence electrons. The van der Waals surface area contributed by atoms with Crippen molar-refractivity contribution in [3.8, 4) is 0 Å². The molecule has 7 nitrogen and oxygen atoms in total. The summed E-state index contributed by atoms with van der Waals surface area (Å²) in [6.07, 6.45) is 2.14. The summed E-state index contributed by atoms with van der Waals surface area (Å²) < 4.78 is 5.19. The summed E-state index contributed by atoms with van der Waals surface area (Å²) in [5.41, 5.74) is 3.24. The van der Waals surface area contributed by atoms with Crippen LogP contribution in [0.5, 0.6) is 0 Å². The summed E-state index contributed by atoms with van der Waals surface area (Å²) in [4.78, 5) is 52.7. The van der Waals surface area contributed by atoms with E-state index >= 15 is 0 Å². The lowest BCUT2D eigenvalue weighted by Gasteiger charge is -2.28. The average molecular weight is 497 g/mol. The van der Waals surface area contributed by atoms with Crippen molar-refractivity contribution in [2.24, 2.45) is 11.8 Å². The standard InChI is InChI=1S/C30H28N2O5/c1-19-8-5-6-13-26(19)31-27(33)18-37-30(36)22-11-7-12-23(16-22)32-28(34)24-15-14-21(17-25(24)29(32)35)20-9-3-2-4-10-20/h2-13,16,21,24-25H,14-15,17-18H2,1H3,(H,31,33)/t21-,24+,25+/m0/s1. The van der Waals surface area contributed by atoms with E-state index in [4.69, 9.17) is 4.74 Å². The van der Waals surface area contributed by atoms with Gasteiger partial charge in [0.05, 0.1) is 23.1 Å². The molecule has 1 heterocycles. The maximum absolute atomic E-state index is 13.4. The number of hydrogen-bond acceptors (Lipinski definition) is 5. The Morgan fingerprint density at radius 1 is 0.892 bits per heavy atom. The molecule has 3 aromatic carbocycles. The van der Waals surface area contributed by atoms with Crippen LogP contribution in [0.15, 0.2) is 78.9 Å². The molecule has 0 spiro atoms. The summed E-state index contributed by atoms with van der Waals surface area (Å²) in [7, 11) is 0. The van der Waals surface area contributed by atoms with Gasteiger partial charge < -0.3 is 10.1 Å². The molecule has 2 aliphatic rings. The van der Waals surface area contributed by atoms with E-state index < -0.39 is 18.5 Å². The van der Waals surface area contributed by atoms with Crippen LogP contribution in [0.3, 0.4) is 0 Å². The van der Waals surface area contributed by atoms with Gasteiger partial charge in [-0.3, -0.25) is 19.3 Å². The third-order valence-electron chi connectivity index (χ3n) is 7.29. The lowest BCUT2D eigenvalue weighted by molar-refractivity contribution is -0.122. The molecule has 5 rings (SSSR count). The summed E-state index contributed by atoms with van der Waals surface area (Å²) in [5, 5.41) is 2.71. The highest BCUT2D eigenvalue weighted by atomic mass is 16.5. The van der Waals surface area contributed by atoms with E-state index in [0.717, 1.165) is 12.0 Å². The molecular weight excluding hydrogens is 468 g/mol. The normalized spacial score (nSPS) is 20.9. The molecule has 3 amide bonds. The predicted molar refractivity (Wildman–Crippen MR) is 139 cm³/mol. The van der Waals surface area contributed by atoms with Gasteiger partial charge in [-0.05, 0) is 67.5 Å². The number of hydrogen-bond donors (Lipinski definition) is 1. The monoisotopic (exact) mass is 496 g/mol. The molecular formula is C30H28N2O5. The van der Waals surface area contributed by atoms with Crippen molar-refractivity contribution in [2.75, 3.05) is 16.8 Å². The van der Waals surface area contributed by atoms with Crippen LogP contribution < -0.4 is 10.2 Å². The topological polar surface area (TPSA) is 92.8 Å². The van der Waals surface area contributed by atoms with Crippen LogP contribution in [-0.2, 0) is 19.1 Å². The highest BCUT2D eigenvalue weighted by Crippen LogP contribution is 2.45. The Balaban J connectivity index is 1.25. The highest BCUT2D eigenvalue weighted by molar-refractivity contribution is 6.22. The fraction of sp³-hybridized carbons (Fsp3) is 0.267. The van der Waals surface area contributed by atoms with Gasteiger partial charge in [-0.1, -0.05) is 54.6 Å². The average Bonchev–Trinajstić information content (AvgIpc) is 3.18. The predicted octanol–water partition coefficient (Wildman–Crippen LogP) is 4.86. The van der Waals surface area contributed by atoms with Crippen molar-refractivity contribution in [1.29, 1.82) is 0 Å². The van der Waals surface area contributed by atoms with Crippen molar-refractivity contribution in [2.45, 2.75) is 32.1 Å². The number of ether oxygens (including phenoxy) is 1. The fourth-order valence-corrected chi connectivity index (χ4v) is 5.35. The molecule has 3 aromatic rings. The molecule has 0 bridgehead atoms. The van der Waals surface area contributed by atoms with Crippen LogP contribution >= 0.6 is 0 Å². The molecule has 1 N–H and O–H groups in total. The number of nitrogens with one attached hydrogen (secondary N) is 1. The number of carbonyl (C=O) groups excluding carboxylic acids is 4. The zero-order valence-electron chi connectivity index (χ0n) is 20.6. The number of nitrogens with zero attached hydrogens (tertiary/aromatic N) is 1. The van der Waals surface area contributed by atoms with Gasteiger partial charge in [0.15, 0.2) is 6.61 Å². The van der Waals surface area contributed by atoms with Gasteiger partial charge in [0.1, 0.15) is 0 Å². The molecule has 0 unspecified atom stereocenters. The molecule has 37 heavy (non-hydrogen) atoms. The van der Waals surface area contributed by atoms with Gasteiger partial charge >= 0.3 is 5.97 Å². The molecule has 0 aromatic heterocycles. The zero-order valence-corrected chi connectivity index (χ0v) is 20.6. The lowest BCUT2D eigenvalue weighted by atomic mass is 9.73. The first-order chi connectivity index (χ1) is 17.9. The van der Waals surface area contributed by atoms with Gasteiger partial charge in [0, 0.05) is 5.69 Å². The van der Waals surface area contributed by atoms with Gasteiger partial charge in [-0.25, -0.2) is 4.79 Å². The number of anilines is 2. The van der Waals surface area contributed by atoms with Crippen molar-refractivity contribution in [3.05, 3.63) is 95.6 Å². The first-order valence-electron chi connectivity index (χ1n) is 12.5. The molecule has 1 aliphatic heterocycles. The minimum atomic E-state index is -0.706. The van der Waals surface area contributed by atoms with Crippen LogP contribution in [0.2, 0.25) is 0 Å². The summed E-state index contributed by atoms with van der Waals surface area (Å²) in [6.45, 7) is 1.41. The van der Waals surface area contributed by atoms with E-state index in [1.807, 2.05) is 37.3 Å². The Morgan fingerprint density at radius 2 is 1.62 bits per heavy atom. The largest absolute Gasteiger partial charge is 0.452 e. The van der Waals surface area contributed by atoms with E-state index in [1.54, 1.807) is 24.3 Å². The van der Waals surface area contributed by atoms with E-state index in [9.17, 15) is 19.2 Å². The molecule has 1 saturated carbocycles. The van der Waals surface area contributed by atoms with Gasteiger partial charge in [0.2, 0.25) is 11.8 Å². The number of benzene rings is 3. The number of para-hydroxylation sites is 1. The van der Waals surface area contributed by atoms with E-state index in [2.05, 4.69) is 17.4 Å². The summed E-state index contributed by atoms with van der Waals surface area (Å²) in [6, 6.07) is 23.7. The zero-order chi connectivity index (χ0) is 25.9. The number of carbonyl (C=O) groups is 4. The number of rotatable bonds is 6. The number of esters is 1. The van der Waals surface area contributed by atoms with Crippen molar-refractivity contribution >= 4 is 35.1 Å². The molecule has 3 atom stereocenters. The lowest BCUT2D eigenvalue weighted by Crippen LogP contribution is -2.31.